The van der Waals surface area contributed by atoms with E-state index in [2.05, 4.69) is 255 Å². The normalized spacial score (nSPS) is 12.1. The maximum Gasteiger partial charge on any atom is 0.126 e. The van der Waals surface area contributed by atoms with E-state index in [9.17, 15) is 0 Å². The van der Waals surface area contributed by atoms with E-state index in [0.29, 0.717) is 0 Å². The molecule has 0 aromatic heterocycles. The molecule has 2 aliphatic carbocycles. The molecule has 0 amide bonds. The van der Waals surface area contributed by atoms with Crippen LogP contribution in [0.25, 0.3) is 66.8 Å². The maximum absolute atomic E-state index is 6.02. The number of benzene rings is 12. The summed E-state index contributed by atoms with van der Waals surface area (Å²) in [6.07, 6.45) is 4.73. The minimum atomic E-state index is 0.788. The summed E-state index contributed by atoms with van der Waals surface area (Å²) in [7, 11) is 10.6. The highest BCUT2D eigenvalue weighted by Gasteiger charge is 2.25. The van der Waals surface area contributed by atoms with Crippen molar-refractivity contribution in [3.05, 3.63) is 322 Å². The van der Waals surface area contributed by atoms with Crippen molar-refractivity contribution in [3.63, 3.8) is 0 Å². The van der Waals surface area contributed by atoms with Crippen molar-refractivity contribution >= 4 is 0 Å². The second-order valence-electron chi connectivity index (χ2n) is 23.2. The molecule has 0 saturated carbocycles. The molecule has 12 aromatic carbocycles. The smallest absolute Gasteiger partial charge is 0.126 e. The van der Waals surface area contributed by atoms with Crippen LogP contribution in [0.4, 0.5) is 0 Å². The van der Waals surface area contributed by atoms with Gasteiger partial charge in [-0.3, -0.25) is 0 Å². The average Bonchev–Trinajstić information content (AvgIpc) is 3.85. The molecule has 0 N–H and O–H groups in total. The number of rotatable bonds is 12. The minimum absolute atomic E-state index is 0.788. The lowest BCUT2D eigenvalue weighted by molar-refractivity contribution is 0.415. The topological polar surface area (TPSA) is 55.4 Å². The quantitative estimate of drug-likeness (QED) is 0.122. The third kappa shape index (κ3) is 12.1. The molecule has 0 fully saturated rings. The molecule has 0 atom stereocenters. The fourth-order valence-corrected chi connectivity index (χ4v) is 13.3. The Morgan fingerprint density at radius 2 is 0.289 bits per heavy atom. The minimum Gasteiger partial charge on any atom is -0.496 e. The van der Waals surface area contributed by atoms with Crippen LogP contribution < -0.4 is 28.4 Å². The van der Waals surface area contributed by atoms with Gasteiger partial charge in [-0.05, 0) is 211 Å². The van der Waals surface area contributed by atoms with Crippen molar-refractivity contribution in [1.29, 1.82) is 0 Å². The van der Waals surface area contributed by atoms with Crippen LogP contribution in [0.3, 0.4) is 0 Å². The van der Waals surface area contributed by atoms with Crippen LogP contribution in [-0.4, -0.2) is 42.7 Å². The second-order valence-corrected chi connectivity index (χ2v) is 23.2. The van der Waals surface area contributed by atoms with Crippen LogP contribution in [-0.2, 0) is 38.5 Å². The first-order valence-corrected chi connectivity index (χ1v) is 30.8. The molecule has 0 aliphatic heterocycles. The van der Waals surface area contributed by atoms with Crippen molar-refractivity contribution in [1.82, 2.24) is 0 Å². The zero-order chi connectivity index (χ0) is 61.5. The fourth-order valence-electron chi connectivity index (χ4n) is 13.3. The summed E-state index contributed by atoms with van der Waals surface area (Å²) >= 11 is 0. The highest BCUT2D eigenvalue weighted by molar-refractivity contribution is 5.79. The Hall–Kier alpha value is -10.6. The molecule has 90 heavy (non-hydrogen) atoms. The number of hydrogen-bond donors (Lipinski definition) is 0. The SMILES string of the molecule is COc1cc2c(cc1-c1ccccc1)Cc1cc(OC)c(-c3ccccc3)cc1Cc1cc(OC)c(-c3ccccc3)cc1C2.COc1cc2c(cc1-c1ccccc1)Cc1cc(OC)c(-c3ccccc3)cc1Cc1cc(OC)c(-c3ccccc3)cc1C2. The van der Waals surface area contributed by atoms with Crippen molar-refractivity contribution < 1.29 is 28.4 Å². The van der Waals surface area contributed by atoms with Crippen LogP contribution in [0, 0.1) is 0 Å². The molecule has 444 valence electrons. The molecule has 0 saturated heterocycles. The maximum atomic E-state index is 6.02. The van der Waals surface area contributed by atoms with Crippen LogP contribution >= 0.6 is 0 Å². The Morgan fingerprint density at radius 3 is 0.411 bits per heavy atom. The standard InChI is InChI=1S/2C42H36O3/c2*1-43-40-25-34-19-32-23-38(29-15-9-5-10-16-29)42(45-3)27-36(32)21-33-24-39(30-17-11-6-12-18-30)41(44-2)26-35(33)20-31(34)22-37(40)28-13-7-4-8-14-28/h2*4-18,22-27H,19-21H2,1-3H3. The molecule has 2 aliphatic rings. The van der Waals surface area contributed by atoms with Crippen LogP contribution in [0.15, 0.2) is 255 Å². The number of fused-ring (bicyclic) bond motifs is 6. The monoisotopic (exact) mass is 1180 g/mol. The van der Waals surface area contributed by atoms with E-state index < -0.39 is 0 Å². The molecule has 0 heterocycles. The first-order chi connectivity index (χ1) is 44.3. The Morgan fingerprint density at radius 1 is 0.167 bits per heavy atom. The van der Waals surface area contributed by atoms with Gasteiger partial charge in [-0.1, -0.05) is 182 Å². The van der Waals surface area contributed by atoms with E-state index >= 15 is 0 Å². The van der Waals surface area contributed by atoms with Crippen molar-refractivity contribution in [2.75, 3.05) is 42.7 Å². The van der Waals surface area contributed by atoms with Crippen molar-refractivity contribution in [3.8, 4) is 101 Å². The van der Waals surface area contributed by atoms with E-state index in [1.165, 1.54) is 66.8 Å². The van der Waals surface area contributed by atoms with Gasteiger partial charge >= 0.3 is 0 Å². The van der Waals surface area contributed by atoms with Crippen molar-refractivity contribution in [2.24, 2.45) is 0 Å². The van der Waals surface area contributed by atoms with Gasteiger partial charge in [0.15, 0.2) is 0 Å². The van der Waals surface area contributed by atoms with Gasteiger partial charge in [0, 0.05) is 33.4 Å². The number of methoxy groups -OCH3 is 6. The largest absolute Gasteiger partial charge is 0.496 e. The highest BCUT2D eigenvalue weighted by Crippen LogP contribution is 2.45. The molecule has 0 unspecified atom stereocenters. The molecule has 0 bridgehead atoms. The first-order valence-electron chi connectivity index (χ1n) is 30.8. The summed E-state index contributed by atoms with van der Waals surface area (Å²) in [5.41, 5.74) is 28.8. The molecular formula is C84H72O6. The molecular weight excluding hydrogens is 1100 g/mol. The van der Waals surface area contributed by atoms with E-state index in [-0.39, 0.29) is 0 Å². The molecule has 12 aromatic rings. The van der Waals surface area contributed by atoms with E-state index in [1.807, 2.05) is 0 Å². The average molecular weight is 1180 g/mol. The molecule has 6 heteroatoms. The fraction of sp³-hybridized carbons (Fsp3) is 0.143. The van der Waals surface area contributed by atoms with E-state index in [1.54, 1.807) is 42.7 Å². The summed E-state index contributed by atoms with van der Waals surface area (Å²) in [4.78, 5) is 0. The lowest BCUT2D eigenvalue weighted by Crippen LogP contribution is -2.02. The third-order valence-electron chi connectivity index (χ3n) is 17.9. The Kier molecular flexibility index (Phi) is 17.2. The van der Waals surface area contributed by atoms with Gasteiger partial charge in [0.2, 0.25) is 0 Å². The summed E-state index contributed by atoms with van der Waals surface area (Å²) in [5, 5.41) is 0. The summed E-state index contributed by atoms with van der Waals surface area (Å²) in [6.45, 7) is 0. The summed E-state index contributed by atoms with van der Waals surface area (Å²) in [6, 6.07) is 90.5. The zero-order valence-corrected chi connectivity index (χ0v) is 51.9. The van der Waals surface area contributed by atoms with Crippen LogP contribution in [0.5, 0.6) is 34.5 Å². The van der Waals surface area contributed by atoms with Gasteiger partial charge in [-0.25, -0.2) is 0 Å². The van der Waals surface area contributed by atoms with Crippen LogP contribution in [0.2, 0.25) is 0 Å². The van der Waals surface area contributed by atoms with Crippen LogP contribution in [0.1, 0.15) is 66.8 Å². The van der Waals surface area contributed by atoms with Gasteiger partial charge < -0.3 is 28.4 Å². The van der Waals surface area contributed by atoms with Gasteiger partial charge in [0.1, 0.15) is 34.5 Å². The zero-order valence-electron chi connectivity index (χ0n) is 51.9. The lowest BCUT2D eigenvalue weighted by atomic mass is 9.89. The van der Waals surface area contributed by atoms with Gasteiger partial charge in [0.05, 0.1) is 42.7 Å². The number of ether oxygens (including phenoxy) is 6. The van der Waals surface area contributed by atoms with Crippen molar-refractivity contribution in [2.45, 2.75) is 38.5 Å². The molecule has 0 radical (unpaired) electrons. The van der Waals surface area contributed by atoms with Gasteiger partial charge in [-0.15, -0.1) is 0 Å². The molecule has 14 rings (SSSR count). The molecule has 6 nitrogen and oxygen atoms in total. The Bertz CT molecular complexity index is 3750. The summed E-state index contributed by atoms with van der Waals surface area (Å²) in [5.74, 6) is 5.30. The summed E-state index contributed by atoms with van der Waals surface area (Å²) < 4.78 is 36.1. The van der Waals surface area contributed by atoms with Gasteiger partial charge in [-0.2, -0.15) is 0 Å². The van der Waals surface area contributed by atoms with E-state index in [0.717, 1.165) is 140 Å². The lowest BCUT2D eigenvalue weighted by Gasteiger charge is -2.18. The van der Waals surface area contributed by atoms with E-state index in [4.69, 9.17) is 28.4 Å². The molecule has 0 spiro atoms. The van der Waals surface area contributed by atoms with Gasteiger partial charge in [0.25, 0.3) is 0 Å². The number of hydrogen-bond acceptors (Lipinski definition) is 6. The first kappa shape index (κ1) is 58.5. The second kappa shape index (κ2) is 26.4. The third-order valence-corrected chi connectivity index (χ3v) is 17.9. The Balaban J connectivity index is 0.000000165. The predicted octanol–water partition coefficient (Wildman–Crippen LogP) is 19.6. The highest BCUT2D eigenvalue weighted by atomic mass is 16.5. The predicted molar refractivity (Wildman–Crippen MR) is 367 cm³/mol. The Labute approximate surface area is 529 Å².